The third-order valence-electron chi connectivity index (χ3n) is 4.74. The highest BCUT2D eigenvalue weighted by molar-refractivity contribution is 5.85. The maximum atomic E-state index is 12.3. The average molecular weight is 275 g/mol. The second-order valence-electron chi connectivity index (χ2n) is 5.91. The molecule has 4 heteroatoms. The Morgan fingerprint density at radius 1 is 1.17 bits per heavy atom. The first kappa shape index (κ1) is 15.8. The lowest BCUT2D eigenvalue weighted by Crippen LogP contribution is -2.45. The minimum Gasteiger partial charge on any atom is -0.353 e. The van der Waals surface area contributed by atoms with E-state index in [0.29, 0.717) is 24.4 Å². The van der Waals surface area contributed by atoms with Gasteiger partial charge in [0.25, 0.3) is 0 Å². The molecular weight excluding hydrogens is 248 g/mol. The summed E-state index contributed by atoms with van der Waals surface area (Å²) >= 11 is 0. The van der Waals surface area contributed by atoms with Crippen molar-refractivity contribution in [1.29, 1.82) is 0 Å². The lowest BCUT2D eigenvalue weighted by Gasteiger charge is -2.31. The predicted octanol–water partition coefficient (Wildman–Crippen LogP) is 2.48. The zero-order valence-corrected chi connectivity index (χ0v) is 12.2. The van der Waals surface area contributed by atoms with E-state index in [0.717, 1.165) is 19.3 Å². The number of amides is 1. The number of hydrogen-bond acceptors (Lipinski definition) is 2. The van der Waals surface area contributed by atoms with Crippen LogP contribution in [0.2, 0.25) is 0 Å². The number of halogens is 1. The van der Waals surface area contributed by atoms with E-state index in [1.165, 1.54) is 25.7 Å². The van der Waals surface area contributed by atoms with Crippen molar-refractivity contribution in [3.8, 4) is 0 Å². The fraction of sp³-hybridized carbons (Fsp3) is 0.929. The van der Waals surface area contributed by atoms with Crippen LogP contribution in [0.3, 0.4) is 0 Å². The van der Waals surface area contributed by atoms with Crippen LogP contribution in [0.1, 0.15) is 51.9 Å². The van der Waals surface area contributed by atoms with E-state index in [1.807, 2.05) is 0 Å². The molecule has 4 atom stereocenters. The van der Waals surface area contributed by atoms with Gasteiger partial charge in [0.05, 0.1) is 0 Å². The molecule has 2 fully saturated rings. The Balaban J connectivity index is 0.00000162. The monoisotopic (exact) mass is 274 g/mol. The van der Waals surface area contributed by atoms with Gasteiger partial charge in [-0.25, -0.2) is 0 Å². The van der Waals surface area contributed by atoms with Gasteiger partial charge in [0.15, 0.2) is 0 Å². The molecular formula is C14H27ClN2O. The molecule has 18 heavy (non-hydrogen) atoms. The van der Waals surface area contributed by atoms with Gasteiger partial charge < -0.3 is 11.1 Å². The lowest BCUT2D eigenvalue weighted by molar-refractivity contribution is -0.127. The molecule has 106 valence electrons. The zero-order chi connectivity index (χ0) is 12.3. The number of rotatable bonds is 3. The molecule has 0 bridgehead atoms. The van der Waals surface area contributed by atoms with Crippen molar-refractivity contribution in [3.05, 3.63) is 0 Å². The lowest BCUT2D eigenvalue weighted by atomic mass is 9.85. The number of hydrogen-bond donors (Lipinski definition) is 2. The van der Waals surface area contributed by atoms with Crippen LogP contribution >= 0.6 is 12.4 Å². The molecule has 0 heterocycles. The molecule has 2 saturated carbocycles. The molecule has 3 nitrogen and oxygen atoms in total. The molecule has 0 aliphatic heterocycles. The number of carbonyl (C=O) groups excluding carboxylic acids is 1. The van der Waals surface area contributed by atoms with Crippen molar-refractivity contribution in [3.63, 3.8) is 0 Å². The fourth-order valence-corrected chi connectivity index (χ4v) is 3.48. The topological polar surface area (TPSA) is 55.1 Å². The molecule has 3 N–H and O–H groups in total. The summed E-state index contributed by atoms with van der Waals surface area (Å²) in [5.41, 5.74) is 5.74. The van der Waals surface area contributed by atoms with Gasteiger partial charge >= 0.3 is 0 Å². The van der Waals surface area contributed by atoms with Gasteiger partial charge in [-0.3, -0.25) is 4.79 Å². The summed E-state index contributed by atoms with van der Waals surface area (Å²) in [5.74, 6) is 1.53. The van der Waals surface area contributed by atoms with Gasteiger partial charge in [-0.05, 0) is 44.1 Å². The quantitative estimate of drug-likeness (QED) is 0.831. The molecule has 0 saturated heterocycles. The van der Waals surface area contributed by atoms with Crippen LogP contribution in [-0.4, -0.2) is 18.5 Å². The first-order chi connectivity index (χ1) is 8.22. The largest absolute Gasteiger partial charge is 0.353 e. The van der Waals surface area contributed by atoms with Gasteiger partial charge in [-0.15, -0.1) is 12.4 Å². The molecule has 0 aromatic rings. The summed E-state index contributed by atoms with van der Waals surface area (Å²) in [6.45, 7) is 2.93. The highest BCUT2D eigenvalue weighted by Gasteiger charge is 2.33. The third kappa shape index (κ3) is 3.61. The van der Waals surface area contributed by atoms with Gasteiger partial charge in [0.2, 0.25) is 5.91 Å². The van der Waals surface area contributed by atoms with Gasteiger partial charge in [0.1, 0.15) is 0 Å². The van der Waals surface area contributed by atoms with Crippen molar-refractivity contribution in [1.82, 2.24) is 5.32 Å². The maximum Gasteiger partial charge on any atom is 0.223 e. The highest BCUT2D eigenvalue weighted by atomic mass is 35.5. The minimum atomic E-state index is 0. The van der Waals surface area contributed by atoms with Crippen LogP contribution in [0, 0.1) is 17.8 Å². The second kappa shape index (κ2) is 7.34. The summed E-state index contributed by atoms with van der Waals surface area (Å²) in [7, 11) is 0. The SMILES string of the molecule is CC1CCCCC1NC(=O)[C@@H]1CCC[C@@H]1CN.Cl. The van der Waals surface area contributed by atoms with Crippen molar-refractivity contribution in [2.75, 3.05) is 6.54 Å². The smallest absolute Gasteiger partial charge is 0.223 e. The molecule has 0 spiro atoms. The van der Waals surface area contributed by atoms with E-state index in [4.69, 9.17) is 5.73 Å². The van der Waals surface area contributed by atoms with E-state index >= 15 is 0 Å². The summed E-state index contributed by atoms with van der Waals surface area (Å²) < 4.78 is 0. The molecule has 0 radical (unpaired) electrons. The first-order valence-corrected chi connectivity index (χ1v) is 7.22. The van der Waals surface area contributed by atoms with Gasteiger partial charge in [-0.2, -0.15) is 0 Å². The first-order valence-electron chi connectivity index (χ1n) is 7.22. The van der Waals surface area contributed by atoms with Crippen LogP contribution in [0.5, 0.6) is 0 Å². The van der Waals surface area contributed by atoms with E-state index in [9.17, 15) is 4.79 Å². The predicted molar refractivity (Wildman–Crippen MR) is 76.7 cm³/mol. The van der Waals surface area contributed by atoms with Crippen LogP contribution in [0.25, 0.3) is 0 Å². The molecule has 1 amide bonds. The van der Waals surface area contributed by atoms with E-state index < -0.39 is 0 Å². The Bertz CT molecular complexity index is 273. The molecule has 2 rings (SSSR count). The fourth-order valence-electron chi connectivity index (χ4n) is 3.48. The average Bonchev–Trinajstić information content (AvgIpc) is 2.80. The molecule has 2 unspecified atom stereocenters. The number of carbonyl (C=O) groups is 1. The third-order valence-corrected chi connectivity index (χ3v) is 4.74. The number of nitrogens with one attached hydrogen (secondary N) is 1. The normalized spacial score (nSPS) is 35.9. The minimum absolute atomic E-state index is 0. The summed E-state index contributed by atoms with van der Waals surface area (Å²) in [4.78, 5) is 12.3. The van der Waals surface area contributed by atoms with E-state index in [1.54, 1.807) is 0 Å². The van der Waals surface area contributed by atoms with Crippen LogP contribution in [0.4, 0.5) is 0 Å². The van der Waals surface area contributed by atoms with E-state index in [-0.39, 0.29) is 24.2 Å². The molecule has 0 aromatic carbocycles. The Kier molecular flexibility index (Phi) is 6.44. The van der Waals surface area contributed by atoms with E-state index in [2.05, 4.69) is 12.2 Å². The summed E-state index contributed by atoms with van der Waals surface area (Å²) in [5, 5.41) is 3.28. The Morgan fingerprint density at radius 2 is 1.89 bits per heavy atom. The Labute approximate surface area is 117 Å². The molecule has 2 aliphatic rings. The van der Waals surface area contributed by atoms with Crippen LogP contribution in [0.15, 0.2) is 0 Å². The standard InChI is InChI=1S/C14H26N2O.ClH/c1-10-5-2-3-8-13(10)16-14(17)12-7-4-6-11(12)9-15;/h10-13H,2-9,15H2,1H3,(H,16,17);1H/t10?,11-,12-,13?;/m1./s1. The van der Waals surface area contributed by atoms with Gasteiger partial charge in [-0.1, -0.05) is 26.2 Å². The Morgan fingerprint density at radius 3 is 2.56 bits per heavy atom. The maximum absolute atomic E-state index is 12.3. The van der Waals surface area contributed by atoms with Gasteiger partial charge in [0, 0.05) is 12.0 Å². The molecule has 2 aliphatic carbocycles. The van der Waals surface area contributed by atoms with Crippen molar-refractivity contribution in [2.24, 2.45) is 23.5 Å². The van der Waals surface area contributed by atoms with Crippen LogP contribution < -0.4 is 11.1 Å². The zero-order valence-electron chi connectivity index (χ0n) is 11.4. The van der Waals surface area contributed by atoms with Crippen molar-refractivity contribution in [2.45, 2.75) is 57.9 Å². The number of nitrogens with two attached hydrogens (primary N) is 1. The Hall–Kier alpha value is -0.280. The van der Waals surface area contributed by atoms with Crippen molar-refractivity contribution < 1.29 is 4.79 Å². The highest BCUT2D eigenvalue weighted by Crippen LogP contribution is 2.32. The summed E-state index contributed by atoms with van der Waals surface area (Å²) in [6.07, 6.45) is 8.34. The second-order valence-corrected chi connectivity index (χ2v) is 5.91. The van der Waals surface area contributed by atoms with Crippen LogP contribution in [-0.2, 0) is 4.79 Å². The summed E-state index contributed by atoms with van der Waals surface area (Å²) in [6, 6.07) is 0.412. The van der Waals surface area contributed by atoms with Crippen molar-refractivity contribution >= 4 is 18.3 Å². The molecule has 0 aromatic heterocycles.